The van der Waals surface area contributed by atoms with Crippen molar-refractivity contribution in [2.75, 3.05) is 7.11 Å². The van der Waals surface area contributed by atoms with Gasteiger partial charge in [-0.1, -0.05) is 35.9 Å². The molecule has 0 aliphatic rings. The Morgan fingerprint density at radius 1 is 1.04 bits per heavy atom. The highest BCUT2D eigenvalue weighted by atomic mass is 16.5. The third-order valence-corrected chi connectivity index (χ3v) is 3.88. The summed E-state index contributed by atoms with van der Waals surface area (Å²) >= 11 is 0. The van der Waals surface area contributed by atoms with Crippen LogP contribution in [0.5, 0.6) is 5.75 Å². The lowest BCUT2D eigenvalue weighted by atomic mass is 9.98. The molecule has 0 aliphatic carbocycles. The van der Waals surface area contributed by atoms with Gasteiger partial charge in [-0.3, -0.25) is 4.79 Å². The number of hydrogen-bond acceptors (Lipinski definition) is 3. The number of hydrogen-bond donors (Lipinski definition) is 1. The number of nitrogens with one attached hydrogen (secondary N) is 1. The maximum atomic E-state index is 12.3. The first-order valence-corrected chi connectivity index (χ1v) is 7.51. The summed E-state index contributed by atoms with van der Waals surface area (Å²) in [5.74, 6) is 0.723. The molecule has 0 bridgehead atoms. The van der Waals surface area contributed by atoms with Gasteiger partial charge in [-0.05, 0) is 42.3 Å². The van der Waals surface area contributed by atoms with Crippen molar-refractivity contribution in [1.29, 1.82) is 5.26 Å². The molecule has 0 saturated heterocycles. The van der Waals surface area contributed by atoms with Crippen molar-refractivity contribution < 1.29 is 4.74 Å². The molecule has 0 saturated carbocycles. The number of aromatic amines is 1. The molecule has 0 aliphatic heterocycles. The Bertz CT molecular complexity index is 980. The second-order valence-corrected chi connectivity index (χ2v) is 5.51. The van der Waals surface area contributed by atoms with Gasteiger partial charge in [-0.25, -0.2) is 0 Å². The molecule has 1 N–H and O–H groups in total. The molecule has 4 nitrogen and oxygen atoms in total. The first-order valence-electron chi connectivity index (χ1n) is 7.51. The van der Waals surface area contributed by atoms with E-state index in [9.17, 15) is 10.1 Å². The molecule has 0 atom stereocenters. The Kier molecular flexibility index (Phi) is 4.17. The lowest BCUT2D eigenvalue weighted by Gasteiger charge is -2.09. The van der Waals surface area contributed by atoms with Gasteiger partial charge >= 0.3 is 0 Å². The van der Waals surface area contributed by atoms with Crippen molar-refractivity contribution in [1.82, 2.24) is 4.98 Å². The molecule has 2 aromatic carbocycles. The average molecular weight is 316 g/mol. The zero-order chi connectivity index (χ0) is 17.1. The van der Waals surface area contributed by atoms with Gasteiger partial charge in [0, 0.05) is 11.3 Å². The molecule has 118 valence electrons. The van der Waals surface area contributed by atoms with Gasteiger partial charge < -0.3 is 9.72 Å². The number of H-pyrrole nitrogens is 1. The Morgan fingerprint density at radius 2 is 1.79 bits per heavy atom. The highest BCUT2D eigenvalue weighted by Crippen LogP contribution is 2.27. The van der Waals surface area contributed by atoms with Crippen LogP contribution in [0.25, 0.3) is 22.4 Å². The molecule has 0 amide bonds. The van der Waals surface area contributed by atoms with E-state index in [0.717, 1.165) is 22.4 Å². The maximum absolute atomic E-state index is 12.3. The van der Waals surface area contributed by atoms with E-state index in [4.69, 9.17) is 4.74 Å². The number of pyridine rings is 1. The van der Waals surface area contributed by atoms with E-state index in [1.165, 1.54) is 0 Å². The van der Waals surface area contributed by atoms with Crippen LogP contribution in [-0.4, -0.2) is 12.1 Å². The number of nitriles is 1. The summed E-state index contributed by atoms with van der Waals surface area (Å²) in [6, 6.07) is 19.0. The maximum Gasteiger partial charge on any atom is 0.266 e. The van der Waals surface area contributed by atoms with Crippen LogP contribution in [0, 0.1) is 18.3 Å². The van der Waals surface area contributed by atoms with Crippen molar-refractivity contribution in [2.45, 2.75) is 6.92 Å². The quantitative estimate of drug-likeness (QED) is 0.797. The van der Waals surface area contributed by atoms with Crippen molar-refractivity contribution in [3.8, 4) is 34.2 Å². The summed E-state index contributed by atoms with van der Waals surface area (Å²) in [4.78, 5) is 15.1. The van der Waals surface area contributed by atoms with E-state index in [0.29, 0.717) is 11.3 Å². The van der Waals surface area contributed by atoms with Crippen LogP contribution in [0.1, 0.15) is 11.1 Å². The summed E-state index contributed by atoms with van der Waals surface area (Å²) in [5.41, 5.74) is 3.83. The third-order valence-electron chi connectivity index (χ3n) is 3.88. The predicted octanol–water partition coefficient (Wildman–Crippen LogP) is 3.90. The molecule has 3 rings (SSSR count). The number of aryl methyl sites for hydroxylation is 1. The molecule has 0 spiro atoms. The van der Waals surface area contributed by atoms with E-state index in [-0.39, 0.29) is 11.1 Å². The largest absolute Gasteiger partial charge is 0.497 e. The average Bonchev–Trinajstić information content (AvgIpc) is 2.61. The Labute approximate surface area is 140 Å². The van der Waals surface area contributed by atoms with Gasteiger partial charge in [-0.2, -0.15) is 5.26 Å². The van der Waals surface area contributed by atoms with Crippen LogP contribution >= 0.6 is 0 Å². The molecule has 0 fully saturated rings. The zero-order valence-corrected chi connectivity index (χ0v) is 13.5. The lowest BCUT2D eigenvalue weighted by Crippen LogP contribution is -2.12. The number of benzene rings is 2. The summed E-state index contributed by atoms with van der Waals surface area (Å²) in [6.07, 6.45) is 0. The van der Waals surface area contributed by atoms with E-state index < -0.39 is 0 Å². The molecule has 1 aromatic heterocycles. The van der Waals surface area contributed by atoms with Crippen LogP contribution in [0.2, 0.25) is 0 Å². The monoisotopic (exact) mass is 316 g/mol. The van der Waals surface area contributed by atoms with Crippen LogP contribution < -0.4 is 10.3 Å². The zero-order valence-electron chi connectivity index (χ0n) is 13.5. The molecular formula is C20H16N2O2. The molecule has 24 heavy (non-hydrogen) atoms. The SMILES string of the molecule is COc1ccc(-c2cc(-c3cccc(C)c3)[nH]c(=O)c2C#N)cc1. The molecule has 1 heterocycles. The van der Waals surface area contributed by atoms with Crippen LogP contribution in [0.4, 0.5) is 0 Å². The van der Waals surface area contributed by atoms with Crippen LogP contribution in [-0.2, 0) is 0 Å². The Morgan fingerprint density at radius 3 is 2.42 bits per heavy atom. The smallest absolute Gasteiger partial charge is 0.266 e. The molecule has 0 unspecified atom stereocenters. The molecule has 4 heteroatoms. The van der Waals surface area contributed by atoms with Gasteiger partial charge in [0.15, 0.2) is 0 Å². The fourth-order valence-electron chi connectivity index (χ4n) is 2.64. The van der Waals surface area contributed by atoms with E-state index >= 15 is 0 Å². The second kappa shape index (κ2) is 6.43. The summed E-state index contributed by atoms with van der Waals surface area (Å²) in [7, 11) is 1.60. The van der Waals surface area contributed by atoms with Crippen molar-refractivity contribution >= 4 is 0 Å². The standard InChI is InChI=1S/C20H16N2O2/c1-13-4-3-5-15(10-13)19-11-17(18(12-21)20(23)22-19)14-6-8-16(24-2)9-7-14/h3-11H,1-2H3,(H,22,23). The van der Waals surface area contributed by atoms with Gasteiger partial charge in [-0.15, -0.1) is 0 Å². The van der Waals surface area contributed by atoms with E-state index in [2.05, 4.69) is 4.98 Å². The fraction of sp³-hybridized carbons (Fsp3) is 0.100. The number of aromatic nitrogens is 1. The first kappa shape index (κ1) is 15.6. The van der Waals surface area contributed by atoms with Gasteiger partial charge in [0.2, 0.25) is 0 Å². The van der Waals surface area contributed by atoms with Crippen molar-refractivity contribution in [3.05, 3.63) is 76.1 Å². The molecular weight excluding hydrogens is 300 g/mol. The van der Waals surface area contributed by atoms with Gasteiger partial charge in [0.25, 0.3) is 5.56 Å². The van der Waals surface area contributed by atoms with Crippen molar-refractivity contribution in [2.24, 2.45) is 0 Å². The lowest BCUT2D eigenvalue weighted by molar-refractivity contribution is 0.415. The van der Waals surface area contributed by atoms with Crippen molar-refractivity contribution in [3.63, 3.8) is 0 Å². The minimum Gasteiger partial charge on any atom is -0.497 e. The van der Waals surface area contributed by atoms with Gasteiger partial charge in [0.05, 0.1) is 7.11 Å². The highest BCUT2D eigenvalue weighted by Gasteiger charge is 2.12. The summed E-state index contributed by atoms with van der Waals surface area (Å²) in [5, 5.41) is 9.37. The summed E-state index contributed by atoms with van der Waals surface area (Å²) < 4.78 is 5.16. The highest BCUT2D eigenvalue weighted by molar-refractivity contribution is 5.75. The molecule has 3 aromatic rings. The fourth-order valence-corrected chi connectivity index (χ4v) is 2.64. The predicted molar refractivity (Wildman–Crippen MR) is 93.9 cm³/mol. The Hall–Kier alpha value is -3.32. The minimum absolute atomic E-state index is 0.108. The minimum atomic E-state index is -0.387. The molecule has 0 radical (unpaired) electrons. The Balaban J connectivity index is 2.20. The second-order valence-electron chi connectivity index (χ2n) is 5.51. The number of ether oxygens (including phenoxy) is 1. The van der Waals surface area contributed by atoms with E-state index in [1.54, 1.807) is 7.11 Å². The number of methoxy groups -OCH3 is 1. The van der Waals surface area contributed by atoms with Crippen LogP contribution in [0.15, 0.2) is 59.4 Å². The number of nitrogens with zero attached hydrogens (tertiary/aromatic N) is 1. The van der Waals surface area contributed by atoms with Gasteiger partial charge in [0.1, 0.15) is 17.4 Å². The first-order chi connectivity index (χ1) is 11.6. The third kappa shape index (κ3) is 2.92. The van der Waals surface area contributed by atoms with Crippen LogP contribution in [0.3, 0.4) is 0 Å². The van der Waals surface area contributed by atoms with E-state index in [1.807, 2.05) is 67.6 Å². The summed E-state index contributed by atoms with van der Waals surface area (Å²) in [6.45, 7) is 2.00. The normalized spacial score (nSPS) is 10.2. The topological polar surface area (TPSA) is 65.9 Å². The number of rotatable bonds is 3.